The molecule has 1 nitrogen and oxygen atoms in total. The Morgan fingerprint density at radius 3 is 2.29 bits per heavy atom. The molecule has 0 bridgehead atoms. The Kier molecular flexibility index (Phi) is 2.38. The molecule has 40 valence electrons. The monoisotopic (exact) mass is 97.1 g/mol. The van der Waals surface area contributed by atoms with Gasteiger partial charge in [0.2, 0.25) is 0 Å². The highest BCUT2D eigenvalue weighted by molar-refractivity contribution is 5.07. The highest BCUT2D eigenvalue weighted by Gasteiger charge is 1.91. The molecule has 7 heavy (non-hydrogen) atoms. The van der Waals surface area contributed by atoms with Gasteiger partial charge in [-0.15, -0.1) is 6.58 Å². The smallest absolute Gasteiger partial charge is 0.0432 e. The third kappa shape index (κ3) is 2.18. The van der Waals surface area contributed by atoms with Gasteiger partial charge >= 0.3 is 0 Å². The summed E-state index contributed by atoms with van der Waals surface area (Å²) in [4.78, 5) is 0. The van der Waals surface area contributed by atoms with Crippen molar-refractivity contribution in [3.05, 3.63) is 24.8 Å². The van der Waals surface area contributed by atoms with Gasteiger partial charge < -0.3 is 5.73 Å². The van der Waals surface area contributed by atoms with Crippen LogP contribution in [-0.2, 0) is 0 Å². The van der Waals surface area contributed by atoms with Gasteiger partial charge in [0.1, 0.15) is 0 Å². The van der Waals surface area contributed by atoms with Crippen molar-refractivity contribution in [2.75, 3.05) is 0 Å². The maximum absolute atomic E-state index is 5.40. The number of hydrogen-bond acceptors (Lipinski definition) is 1. The second-order valence-corrected chi connectivity index (χ2v) is 1.61. The minimum Gasteiger partial charge on any atom is -0.321 e. The van der Waals surface area contributed by atoms with Gasteiger partial charge in [0.05, 0.1) is 0 Å². The van der Waals surface area contributed by atoms with E-state index in [0.29, 0.717) is 0 Å². The summed E-state index contributed by atoms with van der Waals surface area (Å²) in [6, 6.07) is -0.0278. The second-order valence-electron chi connectivity index (χ2n) is 1.61. The predicted molar refractivity (Wildman–Crippen MR) is 33.0 cm³/mol. The third-order valence-electron chi connectivity index (χ3n) is 0.823. The van der Waals surface area contributed by atoms with Gasteiger partial charge in [0.25, 0.3) is 0 Å². The van der Waals surface area contributed by atoms with E-state index < -0.39 is 0 Å². The van der Waals surface area contributed by atoms with Gasteiger partial charge in [-0.05, 0) is 6.92 Å². The lowest BCUT2D eigenvalue weighted by molar-refractivity contribution is 0.958. The minimum atomic E-state index is -0.0278. The van der Waals surface area contributed by atoms with E-state index in [2.05, 4.69) is 13.2 Å². The van der Waals surface area contributed by atoms with Gasteiger partial charge in [-0.3, -0.25) is 0 Å². The summed E-state index contributed by atoms with van der Waals surface area (Å²) >= 11 is 0. The molecular formula is C6H11N. The number of hydrogen-bond donors (Lipinski definition) is 1. The van der Waals surface area contributed by atoms with Crippen LogP contribution in [0.1, 0.15) is 6.92 Å². The Hall–Kier alpha value is -0.560. The first-order valence-corrected chi connectivity index (χ1v) is 2.22. The molecule has 0 amide bonds. The highest BCUT2D eigenvalue weighted by Crippen LogP contribution is 1.92. The molecule has 0 fully saturated rings. The molecule has 1 unspecified atom stereocenters. The lowest BCUT2D eigenvalue weighted by atomic mass is 10.2. The Balaban J connectivity index is 3.55. The van der Waals surface area contributed by atoms with Gasteiger partial charge in [-0.1, -0.05) is 18.2 Å². The Bertz CT molecular complexity index is 84.2. The zero-order valence-electron chi connectivity index (χ0n) is 4.65. The van der Waals surface area contributed by atoms with Crippen LogP contribution in [0.5, 0.6) is 0 Å². The van der Waals surface area contributed by atoms with Crippen LogP contribution in [0.3, 0.4) is 0 Å². The van der Waals surface area contributed by atoms with Crippen LogP contribution in [0.15, 0.2) is 24.8 Å². The van der Waals surface area contributed by atoms with E-state index in [-0.39, 0.29) is 6.04 Å². The van der Waals surface area contributed by atoms with Crippen LogP contribution < -0.4 is 5.73 Å². The summed E-state index contributed by atoms with van der Waals surface area (Å²) in [6.07, 6.45) is 1.67. The minimum absolute atomic E-state index is 0.0278. The molecule has 0 saturated carbocycles. The van der Waals surface area contributed by atoms with E-state index in [1.807, 2.05) is 6.92 Å². The van der Waals surface area contributed by atoms with Gasteiger partial charge in [0, 0.05) is 6.04 Å². The maximum atomic E-state index is 5.40. The summed E-state index contributed by atoms with van der Waals surface area (Å²) in [5.41, 5.74) is 6.35. The fourth-order valence-corrected chi connectivity index (χ4v) is 0.201. The Morgan fingerprint density at radius 2 is 2.29 bits per heavy atom. The molecular weight excluding hydrogens is 86.1 g/mol. The molecule has 0 spiro atoms. The molecule has 1 heteroatoms. The molecule has 0 radical (unpaired) electrons. The molecule has 0 saturated heterocycles. The zero-order valence-corrected chi connectivity index (χ0v) is 4.65. The number of rotatable bonds is 2. The predicted octanol–water partition coefficient (Wildman–Crippen LogP) is 1.08. The van der Waals surface area contributed by atoms with Crippen LogP contribution in [0.2, 0.25) is 0 Å². The van der Waals surface area contributed by atoms with E-state index in [1.165, 1.54) is 0 Å². The molecule has 0 aromatic heterocycles. The molecule has 0 aliphatic carbocycles. The molecule has 0 aliphatic rings. The molecule has 0 aromatic carbocycles. The summed E-state index contributed by atoms with van der Waals surface area (Å²) in [5.74, 6) is 0. The average Bonchev–Trinajstić information content (AvgIpc) is 1.65. The van der Waals surface area contributed by atoms with Crippen LogP contribution >= 0.6 is 0 Å². The Morgan fingerprint density at radius 1 is 1.86 bits per heavy atom. The molecule has 0 aromatic rings. The Labute approximate surface area is 44.5 Å². The van der Waals surface area contributed by atoms with Crippen molar-refractivity contribution >= 4 is 0 Å². The van der Waals surface area contributed by atoms with Crippen molar-refractivity contribution in [2.45, 2.75) is 13.0 Å². The summed E-state index contributed by atoms with van der Waals surface area (Å²) in [7, 11) is 0. The molecule has 0 rings (SSSR count). The molecule has 2 N–H and O–H groups in total. The summed E-state index contributed by atoms with van der Waals surface area (Å²) in [5, 5.41) is 0. The van der Waals surface area contributed by atoms with Crippen molar-refractivity contribution in [1.82, 2.24) is 0 Å². The van der Waals surface area contributed by atoms with Crippen LogP contribution in [-0.4, -0.2) is 6.04 Å². The normalized spacial score (nSPS) is 12.9. The molecule has 1 atom stereocenters. The van der Waals surface area contributed by atoms with E-state index >= 15 is 0 Å². The van der Waals surface area contributed by atoms with Crippen molar-refractivity contribution in [3.63, 3.8) is 0 Å². The lowest BCUT2D eigenvalue weighted by Gasteiger charge is -2.00. The van der Waals surface area contributed by atoms with E-state index in [1.54, 1.807) is 6.08 Å². The summed E-state index contributed by atoms with van der Waals surface area (Å²) < 4.78 is 0. The molecule has 0 aliphatic heterocycles. The number of nitrogens with two attached hydrogens (primary N) is 1. The van der Waals surface area contributed by atoms with Crippen LogP contribution in [0.4, 0.5) is 0 Å². The van der Waals surface area contributed by atoms with E-state index in [9.17, 15) is 0 Å². The quantitative estimate of drug-likeness (QED) is 0.512. The average molecular weight is 97.2 g/mol. The van der Waals surface area contributed by atoms with Gasteiger partial charge in [-0.25, -0.2) is 0 Å². The molecule has 0 heterocycles. The van der Waals surface area contributed by atoms with Crippen molar-refractivity contribution in [2.24, 2.45) is 5.73 Å². The fraction of sp³-hybridized carbons (Fsp3) is 0.333. The third-order valence-corrected chi connectivity index (χ3v) is 0.823. The zero-order chi connectivity index (χ0) is 5.86. The second kappa shape index (κ2) is 2.59. The maximum Gasteiger partial charge on any atom is 0.0432 e. The van der Waals surface area contributed by atoms with Crippen LogP contribution in [0, 0.1) is 0 Å². The first kappa shape index (κ1) is 6.44. The van der Waals surface area contributed by atoms with Crippen molar-refractivity contribution in [3.8, 4) is 0 Å². The summed E-state index contributed by atoms with van der Waals surface area (Å²) in [6.45, 7) is 9.01. The standard InChI is InChI=1S/C6H11N/c1-4-6(7)5(2)3/h4,6H,1-2,7H2,3H3. The van der Waals surface area contributed by atoms with E-state index in [4.69, 9.17) is 5.73 Å². The lowest BCUT2D eigenvalue weighted by Crippen LogP contribution is -2.16. The van der Waals surface area contributed by atoms with Crippen molar-refractivity contribution in [1.29, 1.82) is 0 Å². The SMILES string of the molecule is C=CC(N)C(=C)C. The highest BCUT2D eigenvalue weighted by atomic mass is 14.6. The fourth-order valence-electron chi connectivity index (χ4n) is 0.201. The topological polar surface area (TPSA) is 26.0 Å². The largest absolute Gasteiger partial charge is 0.321 e. The van der Waals surface area contributed by atoms with E-state index in [0.717, 1.165) is 5.57 Å². The first-order chi connectivity index (χ1) is 3.18. The van der Waals surface area contributed by atoms with Gasteiger partial charge in [-0.2, -0.15) is 0 Å². The van der Waals surface area contributed by atoms with Crippen LogP contribution in [0.25, 0.3) is 0 Å². The van der Waals surface area contributed by atoms with Crippen molar-refractivity contribution < 1.29 is 0 Å². The van der Waals surface area contributed by atoms with Gasteiger partial charge in [0.15, 0.2) is 0 Å². The first-order valence-electron chi connectivity index (χ1n) is 2.22.